The second kappa shape index (κ2) is 6.34. The van der Waals surface area contributed by atoms with Gasteiger partial charge in [0.2, 0.25) is 0 Å². The lowest BCUT2D eigenvalue weighted by Gasteiger charge is -2.21. The summed E-state index contributed by atoms with van der Waals surface area (Å²) in [6, 6.07) is 1.98. The number of rotatable bonds is 7. The molecule has 0 bridgehead atoms. The first-order valence-corrected chi connectivity index (χ1v) is 9.82. The summed E-state index contributed by atoms with van der Waals surface area (Å²) in [6.07, 6.45) is 2.89. The van der Waals surface area contributed by atoms with E-state index in [9.17, 15) is 8.42 Å². The Morgan fingerprint density at radius 3 is 2.55 bits per heavy atom. The molecule has 1 aliphatic rings. The summed E-state index contributed by atoms with van der Waals surface area (Å²) >= 11 is 7.17. The standard InChI is InChI=1S/C14H22ClNO2S2/c1-10(2)6-7-16(12-4-5-12)20(17,18)14-8-11(3)13(9-15)19-14/h8,10,12H,4-7,9H2,1-3H3. The number of hydrogen-bond donors (Lipinski definition) is 0. The van der Waals surface area contributed by atoms with Gasteiger partial charge in [-0.15, -0.1) is 22.9 Å². The van der Waals surface area contributed by atoms with Crippen LogP contribution in [0.4, 0.5) is 0 Å². The molecular formula is C14H22ClNO2S2. The van der Waals surface area contributed by atoms with Crippen LogP contribution in [-0.2, 0) is 15.9 Å². The maximum Gasteiger partial charge on any atom is 0.252 e. The molecule has 3 nitrogen and oxygen atoms in total. The molecule has 0 aliphatic heterocycles. The maximum atomic E-state index is 12.8. The minimum atomic E-state index is -3.35. The minimum absolute atomic E-state index is 0.209. The van der Waals surface area contributed by atoms with Crippen LogP contribution in [0.5, 0.6) is 0 Å². The lowest BCUT2D eigenvalue weighted by atomic mass is 10.1. The molecule has 1 fully saturated rings. The van der Waals surface area contributed by atoms with Crippen LogP contribution in [-0.4, -0.2) is 25.3 Å². The zero-order valence-electron chi connectivity index (χ0n) is 12.2. The van der Waals surface area contributed by atoms with Crippen molar-refractivity contribution in [2.75, 3.05) is 6.54 Å². The molecule has 0 radical (unpaired) electrons. The fraction of sp³-hybridized carbons (Fsp3) is 0.714. The largest absolute Gasteiger partial charge is 0.252 e. The van der Waals surface area contributed by atoms with Crippen LogP contribution in [0.2, 0.25) is 0 Å². The second-order valence-electron chi connectivity index (χ2n) is 5.83. The number of nitrogens with zero attached hydrogens (tertiary/aromatic N) is 1. The molecule has 6 heteroatoms. The van der Waals surface area contributed by atoms with Gasteiger partial charge in [0.05, 0.1) is 5.88 Å². The average Bonchev–Trinajstić information content (AvgIpc) is 3.11. The summed E-state index contributed by atoms with van der Waals surface area (Å²) in [4.78, 5) is 0.949. The van der Waals surface area contributed by atoms with E-state index < -0.39 is 10.0 Å². The molecule has 2 rings (SSSR count). The van der Waals surface area contributed by atoms with Crippen LogP contribution in [0, 0.1) is 12.8 Å². The molecule has 0 amide bonds. The van der Waals surface area contributed by atoms with E-state index in [1.54, 1.807) is 10.4 Å². The molecule has 0 atom stereocenters. The smallest absolute Gasteiger partial charge is 0.206 e. The lowest BCUT2D eigenvalue weighted by Crippen LogP contribution is -2.34. The van der Waals surface area contributed by atoms with Gasteiger partial charge in [-0.2, -0.15) is 4.31 Å². The Balaban J connectivity index is 2.25. The average molecular weight is 336 g/mol. The van der Waals surface area contributed by atoms with Crippen molar-refractivity contribution in [2.45, 2.75) is 56.2 Å². The van der Waals surface area contributed by atoms with Gasteiger partial charge in [0.1, 0.15) is 4.21 Å². The first-order chi connectivity index (χ1) is 9.36. The minimum Gasteiger partial charge on any atom is -0.206 e. The van der Waals surface area contributed by atoms with E-state index in [0.29, 0.717) is 22.6 Å². The molecule has 0 aromatic carbocycles. The van der Waals surface area contributed by atoms with Gasteiger partial charge in [0.15, 0.2) is 0 Å². The fourth-order valence-electron chi connectivity index (χ4n) is 2.11. The molecular weight excluding hydrogens is 314 g/mol. The van der Waals surface area contributed by atoms with Crippen molar-refractivity contribution in [1.82, 2.24) is 4.31 Å². The van der Waals surface area contributed by atoms with Gasteiger partial charge in [-0.3, -0.25) is 0 Å². The molecule has 1 aromatic rings. The first kappa shape index (κ1) is 16.3. The highest BCUT2D eigenvalue weighted by atomic mass is 35.5. The van der Waals surface area contributed by atoms with E-state index in [-0.39, 0.29) is 6.04 Å². The highest BCUT2D eigenvalue weighted by molar-refractivity contribution is 7.91. The van der Waals surface area contributed by atoms with Gasteiger partial charge in [-0.1, -0.05) is 13.8 Å². The third-order valence-corrected chi connectivity index (χ3v) is 7.63. The van der Waals surface area contributed by atoms with E-state index >= 15 is 0 Å². The normalized spacial score (nSPS) is 16.3. The Bertz CT molecular complexity index is 562. The van der Waals surface area contributed by atoms with Crippen LogP contribution in [0.25, 0.3) is 0 Å². The number of thiophene rings is 1. The van der Waals surface area contributed by atoms with Gasteiger partial charge in [0, 0.05) is 17.5 Å². The van der Waals surface area contributed by atoms with E-state index in [4.69, 9.17) is 11.6 Å². The van der Waals surface area contributed by atoms with Crippen LogP contribution in [0.3, 0.4) is 0 Å². The van der Waals surface area contributed by atoms with Crippen molar-refractivity contribution in [1.29, 1.82) is 0 Å². The number of halogens is 1. The van der Waals surface area contributed by atoms with Gasteiger partial charge >= 0.3 is 0 Å². The summed E-state index contributed by atoms with van der Waals surface area (Å²) < 4.78 is 27.8. The Hall–Kier alpha value is -0.100. The molecule has 0 spiro atoms. The summed E-state index contributed by atoms with van der Waals surface area (Å²) in [7, 11) is -3.35. The molecule has 1 aromatic heterocycles. The third-order valence-electron chi connectivity index (χ3n) is 3.56. The van der Waals surface area contributed by atoms with Crippen LogP contribution in [0.15, 0.2) is 10.3 Å². The Labute approximate surface area is 131 Å². The topological polar surface area (TPSA) is 37.4 Å². The Kier molecular flexibility index (Phi) is 5.16. The van der Waals surface area contributed by atoms with Gasteiger partial charge in [-0.25, -0.2) is 8.42 Å². The molecule has 0 N–H and O–H groups in total. The van der Waals surface area contributed by atoms with Crippen LogP contribution >= 0.6 is 22.9 Å². The number of hydrogen-bond acceptors (Lipinski definition) is 3. The molecule has 0 unspecified atom stereocenters. The van der Waals surface area contributed by atoms with Gasteiger partial charge < -0.3 is 0 Å². The molecule has 114 valence electrons. The molecule has 1 saturated carbocycles. The predicted molar refractivity (Wildman–Crippen MR) is 85.0 cm³/mol. The summed E-state index contributed by atoms with van der Waals surface area (Å²) in [5, 5.41) is 0. The summed E-state index contributed by atoms with van der Waals surface area (Å²) in [5.74, 6) is 0.886. The molecule has 1 heterocycles. The zero-order valence-corrected chi connectivity index (χ0v) is 14.6. The second-order valence-corrected chi connectivity index (χ2v) is 9.36. The van der Waals surface area contributed by atoms with E-state index in [1.807, 2.05) is 6.92 Å². The van der Waals surface area contributed by atoms with Crippen molar-refractivity contribution in [3.05, 3.63) is 16.5 Å². The van der Waals surface area contributed by atoms with Crippen molar-refractivity contribution >= 4 is 33.0 Å². The molecule has 1 aliphatic carbocycles. The number of sulfonamides is 1. The van der Waals surface area contributed by atoms with Crippen LogP contribution in [0.1, 0.15) is 43.6 Å². The summed E-state index contributed by atoms with van der Waals surface area (Å²) in [6.45, 7) is 6.79. The number of alkyl halides is 1. The first-order valence-electron chi connectivity index (χ1n) is 7.03. The molecule has 20 heavy (non-hydrogen) atoms. The summed E-state index contributed by atoms with van der Waals surface area (Å²) in [5.41, 5.74) is 0.975. The zero-order chi connectivity index (χ0) is 14.9. The molecule has 0 saturated heterocycles. The highest BCUT2D eigenvalue weighted by Gasteiger charge is 2.38. The van der Waals surface area contributed by atoms with E-state index in [2.05, 4.69) is 13.8 Å². The highest BCUT2D eigenvalue weighted by Crippen LogP contribution is 2.36. The number of aryl methyl sites for hydroxylation is 1. The third kappa shape index (κ3) is 3.56. The fourth-order valence-corrected chi connectivity index (χ4v) is 5.75. The predicted octanol–water partition coefficient (Wildman–Crippen LogP) is 3.99. The monoisotopic (exact) mass is 335 g/mol. The maximum absolute atomic E-state index is 12.8. The lowest BCUT2D eigenvalue weighted by molar-refractivity contribution is 0.374. The van der Waals surface area contributed by atoms with Crippen molar-refractivity contribution < 1.29 is 8.42 Å². The van der Waals surface area contributed by atoms with Crippen molar-refractivity contribution in [2.24, 2.45) is 5.92 Å². The quantitative estimate of drug-likeness (QED) is 0.706. The van der Waals surface area contributed by atoms with E-state index in [1.165, 1.54) is 11.3 Å². The van der Waals surface area contributed by atoms with E-state index in [0.717, 1.165) is 29.7 Å². The van der Waals surface area contributed by atoms with Gasteiger partial charge in [0.25, 0.3) is 10.0 Å². The Morgan fingerprint density at radius 2 is 2.10 bits per heavy atom. The SMILES string of the molecule is Cc1cc(S(=O)(=O)N(CCC(C)C)C2CC2)sc1CCl. The van der Waals surface area contributed by atoms with Gasteiger partial charge in [-0.05, 0) is 43.7 Å². The van der Waals surface area contributed by atoms with Crippen molar-refractivity contribution in [3.63, 3.8) is 0 Å². The Morgan fingerprint density at radius 1 is 1.45 bits per heavy atom. The van der Waals surface area contributed by atoms with Crippen LogP contribution < -0.4 is 0 Å². The van der Waals surface area contributed by atoms with Crippen molar-refractivity contribution in [3.8, 4) is 0 Å².